The second-order valence-corrected chi connectivity index (χ2v) is 4.75. The van der Waals surface area contributed by atoms with E-state index in [1.165, 1.54) is 0 Å². The van der Waals surface area contributed by atoms with Crippen molar-refractivity contribution < 1.29 is 9.47 Å². The molecule has 1 aromatic rings. The maximum Gasteiger partial charge on any atom is 0.141 e. The second-order valence-electron chi connectivity index (χ2n) is 3.55. The zero-order valence-electron chi connectivity index (χ0n) is 10.3. The van der Waals surface area contributed by atoms with E-state index in [2.05, 4.69) is 15.9 Å². The van der Waals surface area contributed by atoms with E-state index in [0.717, 1.165) is 29.5 Å². The molecule has 1 rings (SSSR count). The molecule has 0 atom stereocenters. The Morgan fingerprint density at radius 1 is 1.12 bits per heavy atom. The molecular formula is C13H18BrClO2. The van der Waals surface area contributed by atoms with Gasteiger partial charge in [0.15, 0.2) is 0 Å². The molecule has 0 aliphatic rings. The number of hydrogen-bond donors (Lipinski definition) is 0. The highest BCUT2D eigenvalue weighted by molar-refractivity contribution is 9.09. The molecule has 0 spiro atoms. The van der Waals surface area contributed by atoms with Crippen molar-refractivity contribution in [2.45, 2.75) is 26.7 Å². The fourth-order valence-electron chi connectivity index (χ4n) is 1.58. The van der Waals surface area contributed by atoms with Crippen molar-refractivity contribution in [3.05, 3.63) is 22.7 Å². The summed E-state index contributed by atoms with van der Waals surface area (Å²) in [7, 11) is 0. The minimum absolute atomic E-state index is 0.603. The first-order valence-corrected chi connectivity index (χ1v) is 7.36. The Balaban J connectivity index is 2.97. The summed E-state index contributed by atoms with van der Waals surface area (Å²) in [4.78, 5) is 0. The molecule has 0 bridgehead atoms. The quantitative estimate of drug-likeness (QED) is 0.690. The highest BCUT2D eigenvalue weighted by atomic mass is 79.9. The van der Waals surface area contributed by atoms with Gasteiger partial charge in [0.2, 0.25) is 0 Å². The van der Waals surface area contributed by atoms with Crippen LogP contribution in [0.3, 0.4) is 0 Å². The van der Waals surface area contributed by atoms with Gasteiger partial charge in [-0.1, -0.05) is 27.5 Å². The molecule has 0 radical (unpaired) electrons. The van der Waals surface area contributed by atoms with Crippen LogP contribution in [-0.2, 0) is 6.42 Å². The lowest BCUT2D eigenvalue weighted by atomic mass is 10.1. The highest BCUT2D eigenvalue weighted by Crippen LogP contribution is 2.33. The number of alkyl halides is 1. The molecule has 0 amide bonds. The molecule has 0 N–H and O–H groups in total. The molecule has 1 aromatic carbocycles. The van der Waals surface area contributed by atoms with Crippen molar-refractivity contribution in [1.29, 1.82) is 0 Å². The first kappa shape index (κ1) is 14.7. The average molecular weight is 322 g/mol. The number of halogens is 2. The smallest absolute Gasteiger partial charge is 0.141 e. The summed E-state index contributed by atoms with van der Waals surface area (Å²) in [6.07, 6.45) is 2.01. The van der Waals surface area contributed by atoms with Crippen LogP contribution < -0.4 is 9.47 Å². The summed E-state index contributed by atoms with van der Waals surface area (Å²) in [6, 6.07) is 3.83. The Bertz CT molecular complexity index is 356. The Morgan fingerprint density at radius 2 is 1.76 bits per heavy atom. The van der Waals surface area contributed by atoms with Crippen LogP contribution in [0.2, 0.25) is 5.02 Å². The van der Waals surface area contributed by atoms with Gasteiger partial charge in [-0.25, -0.2) is 0 Å². The molecular weight excluding hydrogens is 303 g/mol. The van der Waals surface area contributed by atoms with E-state index in [9.17, 15) is 0 Å². The van der Waals surface area contributed by atoms with E-state index in [4.69, 9.17) is 21.1 Å². The third-order valence-corrected chi connectivity index (χ3v) is 3.15. The molecule has 0 aliphatic heterocycles. The molecule has 0 saturated carbocycles. The first-order valence-electron chi connectivity index (χ1n) is 5.86. The zero-order valence-corrected chi connectivity index (χ0v) is 12.6. The number of benzene rings is 1. The topological polar surface area (TPSA) is 18.5 Å². The number of ether oxygens (including phenoxy) is 2. The van der Waals surface area contributed by atoms with E-state index >= 15 is 0 Å². The van der Waals surface area contributed by atoms with Crippen LogP contribution in [0.15, 0.2) is 12.1 Å². The number of rotatable bonds is 7. The maximum absolute atomic E-state index is 6.17. The summed E-state index contributed by atoms with van der Waals surface area (Å²) < 4.78 is 11.1. The van der Waals surface area contributed by atoms with Crippen molar-refractivity contribution in [2.24, 2.45) is 0 Å². The lowest BCUT2D eigenvalue weighted by Crippen LogP contribution is -2.00. The van der Waals surface area contributed by atoms with Gasteiger partial charge < -0.3 is 9.47 Å². The molecule has 0 fully saturated rings. The third-order valence-electron chi connectivity index (χ3n) is 2.29. The van der Waals surface area contributed by atoms with Crippen LogP contribution in [0.5, 0.6) is 11.5 Å². The van der Waals surface area contributed by atoms with Gasteiger partial charge in [-0.3, -0.25) is 0 Å². The van der Waals surface area contributed by atoms with Crippen molar-refractivity contribution in [1.82, 2.24) is 0 Å². The molecule has 0 aliphatic carbocycles. The van der Waals surface area contributed by atoms with Crippen LogP contribution in [0.4, 0.5) is 0 Å². The summed E-state index contributed by atoms with van der Waals surface area (Å²) in [5.41, 5.74) is 1.14. The largest absolute Gasteiger partial charge is 0.493 e. The van der Waals surface area contributed by atoms with E-state index in [1.54, 1.807) is 0 Å². The van der Waals surface area contributed by atoms with Crippen LogP contribution in [-0.4, -0.2) is 18.5 Å². The fraction of sp³-hybridized carbons (Fsp3) is 0.538. The lowest BCUT2D eigenvalue weighted by Gasteiger charge is -2.13. The SMILES string of the molecule is CCOc1cc(OCC)c(CCCBr)cc1Cl. The van der Waals surface area contributed by atoms with Gasteiger partial charge in [-0.05, 0) is 38.3 Å². The minimum atomic E-state index is 0.603. The van der Waals surface area contributed by atoms with Crippen LogP contribution in [0.25, 0.3) is 0 Å². The molecule has 4 heteroatoms. The molecule has 96 valence electrons. The van der Waals surface area contributed by atoms with Gasteiger partial charge in [0.05, 0.1) is 18.2 Å². The normalized spacial score (nSPS) is 10.4. The molecule has 0 aromatic heterocycles. The van der Waals surface area contributed by atoms with Gasteiger partial charge in [0.25, 0.3) is 0 Å². The average Bonchev–Trinajstić information content (AvgIpc) is 2.32. The van der Waals surface area contributed by atoms with E-state index in [-0.39, 0.29) is 0 Å². The van der Waals surface area contributed by atoms with Crippen molar-refractivity contribution in [3.63, 3.8) is 0 Å². The van der Waals surface area contributed by atoms with Crippen molar-refractivity contribution >= 4 is 27.5 Å². The van der Waals surface area contributed by atoms with Gasteiger partial charge in [-0.2, -0.15) is 0 Å². The van der Waals surface area contributed by atoms with E-state index in [0.29, 0.717) is 24.0 Å². The Kier molecular flexibility index (Phi) is 6.75. The summed E-state index contributed by atoms with van der Waals surface area (Å²) in [6.45, 7) is 5.17. The highest BCUT2D eigenvalue weighted by Gasteiger charge is 2.10. The number of hydrogen-bond acceptors (Lipinski definition) is 2. The molecule has 0 saturated heterocycles. The maximum atomic E-state index is 6.17. The Labute approximate surface area is 116 Å². The fourth-order valence-corrected chi connectivity index (χ4v) is 2.11. The minimum Gasteiger partial charge on any atom is -0.493 e. The standard InChI is InChI=1S/C13H18BrClO2/c1-3-16-12-9-13(17-4-2)11(15)8-10(12)6-5-7-14/h8-9H,3-7H2,1-2H3. The molecule has 17 heavy (non-hydrogen) atoms. The van der Waals surface area contributed by atoms with Crippen molar-refractivity contribution in [2.75, 3.05) is 18.5 Å². The zero-order chi connectivity index (χ0) is 12.7. The molecule has 0 unspecified atom stereocenters. The molecule has 0 heterocycles. The van der Waals surface area contributed by atoms with Gasteiger partial charge in [0.1, 0.15) is 11.5 Å². The van der Waals surface area contributed by atoms with E-state index < -0.39 is 0 Å². The van der Waals surface area contributed by atoms with Crippen LogP contribution in [0, 0.1) is 0 Å². The Morgan fingerprint density at radius 3 is 2.35 bits per heavy atom. The van der Waals surface area contributed by atoms with Gasteiger partial charge >= 0.3 is 0 Å². The summed E-state index contributed by atoms with van der Waals surface area (Å²) >= 11 is 9.60. The predicted octanol–water partition coefficient (Wildman–Crippen LogP) is 4.46. The lowest BCUT2D eigenvalue weighted by molar-refractivity contribution is 0.321. The van der Waals surface area contributed by atoms with Crippen molar-refractivity contribution in [3.8, 4) is 11.5 Å². The predicted molar refractivity (Wildman–Crippen MR) is 75.9 cm³/mol. The van der Waals surface area contributed by atoms with Crippen LogP contribution in [0.1, 0.15) is 25.8 Å². The number of aryl methyl sites for hydroxylation is 1. The van der Waals surface area contributed by atoms with Gasteiger partial charge in [-0.15, -0.1) is 0 Å². The van der Waals surface area contributed by atoms with E-state index in [1.807, 2.05) is 26.0 Å². The monoisotopic (exact) mass is 320 g/mol. The van der Waals surface area contributed by atoms with Gasteiger partial charge in [0, 0.05) is 11.4 Å². The van der Waals surface area contributed by atoms with Crippen LogP contribution >= 0.6 is 27.5 Å². The first-order chi connectivity index (χ1) is 8.22. The third kappa shape index (κ3) is 4.40. The summed E-state index contributed by atoms with van der Waals surface area (Å²) in [5, 5.41) is 1.63. The molecule has 2 nitrogen and oxygen atoms in total. The second kappa shape index (κ2) is 7.83. The summed E-state index contributed by atoms with van der Waals surface area (Å²) in [5.74, 6) is 1.57. The Hall–Kier alpha value is -0.410.